The highest BCUT2D eigenvalue weighted by atomic mass is 79.9. The van der Waals surface area contributed by atoms with Crippen molar-refractivity contribution in [2.24, 2.45) is 5.73 Å². The molecule has 2 N–H and O–H groups in total. The number of ether oxygens (including phenoxy) is 1. The molecule has 2 aromatic rings. The molecule has 0 aliphatic rings. The van der Waals surface area contributed by atoms with Gasteiger partial charge in [0.1, 0.15) is 12.4 Å². The molecule has 19 heavy (non-hydrogen) atoms. The summed E-state index contributed by atoms with van der Waals surface area (Å²) < 4.78 is 6.84. The predicted octanol–water partition coefficient (Wildman–Crippen LogP) is 4.44. The summed E-state index contributed by atoms with van der Waals surface area (Å²) in [5.41, 5.74) is 8.27. The Kier molecular flexibility index (Phi) is 5.00. The summed E-state index contributed by atoms with van der Waals surface area (Å²) in [6.07, 6.45) is 0.942. The van der Waals surface area contributed by atoms with Crippen LogP contribution in [0.4, 0.5) is 0 Å². The molecule has 0 fully saturated rings. The van der Waals surface area contributed by atoms with Gasteiger partial charge in [-0.25, -0.2) is 0 Å². The second-order valence-corrected chi connectivity index (χ2v) is 5.32. The summed E-state index contributed by atoms with van der Waals surface area (Å²) in [5.74, 6) is 0.864. The molecule has 0 saturated heterocycles. The van der Waals surface area contributed by atoms with Crippen LogP contribution in [0.15, 0.2) is 53.0 Å². The average molecular weight is 320 g/mol. The van der Waals surface area contributed by atoms with Crippen LogP contribution in [0.1, 0.15) is 30.5 Å². The van der Waals surface area contributed by atoms with Crippen molar-refractivity contribution in [1.82, 2.24) is 0 Å². The van der Waals surface area contributed by atoms with Gasteiger partial charge in [-0.3, -0.25) is 0 Å². The minimum atomic E-state index is 0.109. The van der Waals surface area contributed by atoms with Gasteiger partial charge in [0.2, 0.25) is 0 Å². The van der Waals surface area contributed by atoms with E-state index in [4.69, 9.17) is 10.5 Å². The fourth-order valence-corrected chi connectivity index (χ4v) is 2.22. The molecule has 2 rings (SSSR count). The van der Waals surface area contributed by atoms with Gasteiger partial charge in [-0.15, -0.1) is 0 Å². The smallest absolute Gasteiger partial charge is 0.119 e. The molecule has 2 aromatic carbocycles. The number of nitrogens with two attached hydrogens (primary N) is 1. The Morgan fingerprint density at radius 3 is 2.42 bits per heavy atom. The zero-order chi connectivity index (χ0) is 13.7. The molecule has 0 amide bonds. The molecule has 0 bridgehead atoms. The molecule has 0 aliphatic heterocycles. The van der Waals surface area contributed by atoms with Crippen LogP contribution in [0, 0.1) is 0 Å². The van der Waals surface area contributed by atoms with E-state index in [-0.39, 0.29) is 6.04 Å². The lowest BCUT2D eigenvalue weighted by Gasteiger charge is -2.11. The van der Waals surface area contributed by atoms with Crippen LogP contribution in [0.25, 0.3) is 0 Å². The lowest BCUT2D eigenvalue weighted by atomic mass is 10.1. The first kappa shape index (κ1) is 14.1. The maximum Gasteiger partial charge on any atom is 0.119 e. The Morgan fingerprint density at radius 1 is 1.11 bits per heavy atom. The molecular formula is C16H18BrNO. The molecule has 2 nitrogen and oxygen atoms in total. The maximum absolute atomic E-state index is 5.98. The highest BCUT2D eigenvalue weighted by molar-refractivity contribution is 9.10. The molecule has 100 valence electrons. The van der Waals surface area contributed by atoms with E-state index < -0.39 is 0 Å². The van der Waals surface area contributed by atoms with Crippen molar-refractivity contribution in [3.05, 3.63) is 64.1 Å². The molecule has 0 radical (unpaired) electrons. The molecule has 1 atom stereocenters. The first-order valence-corrected chi connectivity index (χ1v) is 7.21. The third-order valence-electron chi connectivity index (χ3n) is 3.10. The fourth-order valence-electron chi connectivity index (χ4n) is 1.82. The normalized spacial score (nSPS) is 12.2. The lowest BCUT2D eigenvalue weighted by molar-refractivity contribution is 0.305. The summed E-state index contributed by atoms with van der Waals surface area (Å²) in [6, 6.07) is 16.2. The topological polar surface area (TPSA) is 35.2 Å². The second kappa shape index (κ2) is 6.73. The molecule has 0 unspecified atom stereocenters. The Balaban J connectivity index is 1.99. The van der Waals surface area contributed by atoms with Gasteiger partial charge in [0, 0.05) is 16.1 Å². The van der Waals surface area contributed by atoms with Crippen LogP contribution in [0.2, 0.25) is 0 Å². The van der Waals surface area contributed by atoms with Crippen molar-refractivity contribution in [1.29, 1.82) is 0 Å². The van der Waals surface area contributed by atoms with Crippen molar-refractivity contribution < 1.29 is 4.74 Å². The van der Waals surface area contributed by atoms with Crippen molar-refractivity contribution in [3.8, 4) is 5.75 Å². The maximum atomic E-state index is 5.98. The van der Waals surface area contributed by atoms with Crippen LogP contribution in [-0.2, 0) is 6.61 Å². The van der Waals surface area contributed by atoms with Crippen LogP contribution < -0.4 is 10.5 Å². The quantitative estimate of drug-likeness (QED) is 0.884. The van der Waals surface area contributed by atoms with Gasteiger partial charge in [0.05, 0.1) is 0 Å². The van der Waals surface area contributed by atoms with E-state index >= 15 is 0 Å². The van der Waals surface area contributed by atoms with E-state index in [1.165, 1.54) is 0 Å². The summed E-state index contributed by atoms with van der Waals surface area (Å²) in [4.78, 5) is 0. The van der Waals surface area contributed by atoms with Crippen molar-refractivity contribution >= 4 is 15.9 Å². The van der Waals surface area contributed by atoms with Gasteiger partial charge >= 0.3 is 0 Å². The Labute approximate surface area is 122 Å². The zero-order valence-electron chi connectivity index (χ0n) is 11.0. The monoisotopic (exact) mass is 319 g/mol. The van der Waals surface area contributed by atoms with Gasteiger partial charge in [-0.05, 0) is 30.2 Å². The fraction of sp³-hybridized carbons (Fsp3) is 0.250. The van der Waals surface area contributed by atoms with Crippen molar-refractivity contribution in [2.45, 2.75) is 26.0 Å². The third kappa shape index (κ3) is 3.82. The number of benzene rings is 2. The molecule has 3 heteroatoms. The molecule has 0 heterocycles. The van der Waals surface area contributed by atoms with E-state index in [0.29, 0.717) is 6.61 Å². The second-order valence-electron chi connectivity index (χ2n) is 4.46. The van der Waals surface area contributed by atoms with Gasteiger partial charge in [0.15, 0.2) is 0 Å². The number of halogens is 1. The molecule has 0 spiro atoms. The number of hydrogen-bond donors (Lipinski definition) is 1. The van der Waals surface area contributed by atoms with E-state index in [2.05, 4.69) is 22.9 Å². The zero-order valence-corrected chi connectivity index (χ0v) is 12.6. The Morgan fingerprint density at radius 2 is 1.79 bits per heavy atom. The SMILES string of the molecule is CC[C@H](N)c1ccc(OCc2ccccc2Br)cc1. The standard InChI is InChI=1S/C16H18BrNO/c1-2-16(18)12-7-9-14(10-8-12)19-11-13-5-3-4-6-15(13)17/h3-10,16H,2,11,18H2,1H3/t16-/m0/s1. The Hall–Kier alpha value is -1.32. The largest absolute Gasteiger partial charge is 0.489 e. The van der Waals surface area contributed by atoms with E-state index in [1.54, 1.807) is 0 Å². The summed E-state index contributed by atoms with van der Waals surface area (Å²) in [7, 11) is 0. The van der Waals surface area contributed by atoms with Gasteiger partial charge in [-0.2, -0.15) is 0 Å². The van der Waals surface area contributed by atoms with E-state index in [1.807, 2.05) is 48.5 Å². The van der Waals surface area contributed by atoms with Crippen molar-refractivity contribution in [3.63, 3.8) is 0 Å². The van der Waals surface area contributed by atoms with Crippen LogP contribution in [-0.4, -0.2) is 0 Å². The van der Waals surface area contributed by atoms with Crippen LogP contribution in [0.5, 0.6) is 5.75 Å². The molecule has 0 aliphatic carbocycles. The summed E-state index contributed by atoms with van der Waals surface area (Å²) >= 11 is 3.51. The van der Waals surface area contributed by atoms with Crippen LogP contribution in [0.3, 0.4) is 0 Å². The highest BCUT2D eigenvalue weighted by Gasteiger charge is 2.04. The van der Waals surface area contributed by atoms with E-state index in [0.717, 1.165) is 27.8 Å². The van der Waals surface area contributed by atoms with E-state index in [9.17, 15) is 0 Å². The first-order chi connectivity index (χ1) is 9.20. The number of hydrogen-bond acceptors (Lipinski definition) is 2. The minimum Gasteiger partial charge on any atom is -0.489 e. The minimum absolute atomic E-state index is 0.109. The van der Waals surface area contributed by atoms with Crippen LogP contribution >= 0.6 is 15.9 Å². The van der Waals surface area contributed by atoms with Gasteiger partial charge in [0.25, 0.3) is 0 Å². The number of rotatable bonds is 5. The first-order valence-electron chi connectivity index (χ1n) is 6.42. The summed E-state index contributed by atoms with van der Waals surface area (Å²) in [6.45, 7) is 2.64. The third-order valence-corrected chi connectivity index (χ3v) is 3.87. The lowest BCUT2D eigenvalue weighted by Crippen LogP contribution is -2.08. The summed E-state index contributed by atoms with van der Waals surface area (Å²) in [5, 5.41) is 0. The van der Waals surface area contributed by atoms with Gasteiger partial charge < -0.3 is 10.5 Å². The average Bonchev–Trinajstić information content (AvgIpc) is 2.46. The highest BCUT2D eigenvalue weighted by Crippen LogP contribution is 2.21. The molecular weight excluding hydrogens is 302 g/mol. The van der Waals surface area contributed by atoms with Crippen molar-refractivity contribution in [2.75, 3.05) is 0 Å². The molecule has 0 saturated carbocycles. The molecule has 0 aromatic heterocycles. The Bertz CT molecular complexity index is 525. The predicted molar refractivity (Wildman–Crippen MR) is 82.1 cm³/mol. The van der Waals surface area contributed by atoms with Gasteiger partial charge in [-0.1, -0.05) is 53.2 Å².